The number of hydrogen-bond donors (Lipinski definition) is 1. The SMILES string of the molecule is Cn1cnc(S(=O)(=O)CCCOc2ccc3c(c2)C(Cc2ccccc2)C(NCC(C)(C)CCl)C3)c1. The Bertz CT molecular complexity index is 1260. The van der Waals surface area contributed by atoms with Crippen LogP contribution in [0.15, 0.2) is 66.1 Å². The van der Waals surface area contributed by atoms with Crippen LogP contribution in [0.1, 0.15) is 42.9 Å². The highest BCUT2D eigenvalue weighted by Gasteiger charge is 2.33. The number of hydrogen-bond acceptors (Lipinski definition) is 5. The Morgan fingerprint density at radius 2 is 1.97 bits per heavy atom. The molecule has 0 saturated carbocycles. The average Bonchev–Trinajstić information content (AvgIpc) is 3.45. The molecule has 2 aromatic carbocycles. The van der Waals surface area contributed by atoms with Crippen molar-refractivity contribution < 1.29 is 13.2 Å². The largest absolute Gasteiger partial charge is 0.494 e. The number of imidazole rings is 1. The molecule has 4 rings (SSSR count). The van der Waals surface area contributed by atoms with Gasteiger partial charge in [0.2, 0.25) is 0 Å². The van der Waals surface area contributed by atoms with Gasteiger partial charge in [0.15, 0.2) is 14.9 Å². The zero-order valence-electron chi connectivity index (χ0n) is 21.3. The van der Waals surface area contributed by atoms with Crippen LogP contribution in [0.25, 0.3) is 0 Å². The molecule has 8 heteroatoms. The summed E-state index contributed by atoms with van der Waals surface area (Å²) in [6, 6.07) is 17.2. The minimum Gasteiger partial charge on any atom is -0.494 e. The standard InChI is InChI=1S/C28H36ClN3O3S/c1-28(2,18-29)19-30-26-15-22-10-11-23(16-24(22)25(26)14-21-8-5-4-6-9-21)35-12-7-13-36(33,34)27-17-32(3)20-31-27/h4-6,8-11,16-17,20,25-26,30H,7,12-15,18-19H2,1-3H3. The summed E-state index contributed by atoms with van der Waals surface area (Å²) in [5.74, 6) is 1.72. The maximum Gasteiger partial charge on any atom is 0.197 e. The first-order valence-electron chi connectivity index (χ1n) is 12.5. The molecule has 1 aliphatic carbocycles. The summed E-state index contributed by atoms with van der Waals surface area (Å²) in [5, 5.41) is 3.91. The molecule has 0 saturated heterocycles. The van der Waals surface area contributed by atoms with Crippen molar-refractivity contribution >= 4 is 21.4 Å². The quantitative estimate of drug-likeness (QED) is 0.270. The lowest BCUT2D eigenvalue weighted by atomic mass is 9.89. The normalized spacial score (nSPS) is 17.8. The van der Waals surface area contributed by atoms with Gasteiger partial charge in [-0.2, -0.15) is 0 Å². The van der Waals surface area contributed by atoms with E-state index in [4.69, 9.17) is 16.3 Å². The number of halogens is 1. The number of fused-ring (bicyclic) bond motifs is 1. The fourth-order valence-electron chi connectivity index (χ4n) is 4.67. The molecule has 6 nitrogen and oxygen atoms in total. The predicted octanol–water partition coefficient (Wildman–Crippen LogP) is 4.77. The van der Waals surface area contributed by atoms with Crippen molar-refractivity contribution in [2.45, 2.75) is 50.1 Å². The molecule has 0 fully saturated rings. The summed E-state index contributed by atoms with van der Waals surface area (Å²) in [4.78, 5) is 3.97. The van der Waals surface area contributed by atoms with Gasteiger partial charge in [-0.15, -0.1) is 11.6 Å². The van der Waals surface area contributed by atoms with Gasteiger partial charge in [-0.25, -0.2) is 13.4 Å². The minimum absolute atomic E-state index is 0.00787. The van der Waals surface area contributed by atoms with Crippen molar-refractivity contribution in [2.75, 3.05) is 24.8 Å². The Kier molecular flexibility index (Phi) is 8.43. The fraction of sp³-hybridized carbons (Fsp3) is 0.464. The third-order valence-electron chi connectivity index (χ3n) is 6.77. The Morgan fingerprint density at radius 3 is 2.67 bits per heavy atom. The summed E-state index contributed by atoms with van der Waals surface area (Å²) >= 11 is 6.18. The molecule has 1 aliphatic rings. The molecule has 0 amide bonds. The Labute approximate surface area is 220 Å². The van der Waals surface area contributed by atoms with Gasteiger partial charge in [-0.3, -0.25) is 0 Å². The van der Waals surface area contributed by atoms with Gasteiger partial charge in [-0.05, 0) is 53.5 Å². The smallest absolute Gasteiger partial charge is 0.197 e. The first-order chi connectivity index (χ1) is 17.2. The second kappa shape index (κ2) is 11.4. The van der Waals surface area contributed by atoms with Crippen molar-refractivity contribution in [2.24, 2.45) is 12.5 Å². The van der Waals surface area contributed by atoms with Crippen LogP contribution in [0.4, 0.5) is 0 Å². The summed E-state index contributed by atoms with van der Waals surface area (Å²) < 4.78 is 32.6. The second-order valence-corrected chi connectivity index (χ2v) is 12.9. The average molecular weight is 530 g/mol. The van der Waals surface area contributed by atoms with E-state index in [1.165, 1.54) is 29.2 Å². The lowest BCUT2D eigenvalue weighted by Crippen LogP contribution is -2.40. The van der Waals surface area contributed by atoms with Crippen LogP contribution in [-0.2, 0) is 29.7 Å². The third-order valence-corrected chi connectivity index (χ3v) is 9.17. The van der Waals surface area contributed by atoms with Gasteiger partial charge in [0.05, 0.1) is 18.7 Å². The molecule has 0 bridgehead atoms. The Morgan fingerprint density at radius 1 is 1.19 bits per heavy atom. The topological polar surface area (TPSA) is 73.2 Å². The van der Waals surface area contributed by atoms with E-state index in [-0.39, 0.29) is 16.2 Å². The highest BCUT2D eigenvalue weighted by Crippen LogP contribution is 2.38. The van der Waals surface area contributed by atoms with E-state index in [9.17, 15) is 8.42 Å². The van der Waals surface area contributed by atoms with Crippen molar-refractivity contribution in [3.8, 4) is 5.75 Å². The van der Waals surface area contributed by atoms with Gasteiger partial charge in [0, 0.05) is 37.6 Å². The number of nitrogens with one attached hydrogen (secondary N) is 1. The highest BCUT2D eigenvalue weighted by molar-refractivity contribution is 7.91. The van der Waals surface area contributed by atoms with E-state index in [0.717, 1.165) is 25.1 Å². The van der Waals surface area contributed by atoms with E-state index in [1.807, 2.05) is 12.1 Å². The predicted molar refractivity (Wildman–Crippen MR) is 145 cm³/mol. The van der Waals surface area contributed by atoms with E-state index in [1.54, 1.807) is 11.6 Å². The molecule has 0 spiro atoms. The number of benzene rings is 2. The molecule has 0 aliphatic heterocycles. The van der Waals surface area contributed by atoms with Crippen LogP contribution in [-0.4, -0.2) is 48.8 Å². The van der Waals surface area contributed by atoms with Gasteiger partial charge in [0.25, 0.3) is 0 Å². The zero-order valence-corrected chi connectivity index (χ0v) is 22.9. The Hall–Kier alpha value is -2.35. The summed E-state index contributed by atoms with van der Waals surface area (Å²) in [6.07, 6.45) is 5.34. The van der Waals surface area contributed by atoms with Crippen molar-refractivity contribution in [1.82, 2.24) is 14.9 Å². The number of sulfone groups is 1. The van der Waals surface area contributed by atoms with Crippen LogP contribution in [0.3, 0.4) is 0 Å². The molecule has 2 unspecified atom stereocenters. The van der Waals surface area contributed by atoms with Gasteiger partial charge < -0.3 is 14.6 Å². The number of nitrogens with zero attached hydrogens (tertiary/aromatic N) is 2. The van der Waals surface area contributed by atoms with Crippen LogP contribution >= 0.6 is 11.6 Å². The minimum atomic E-state index is -3.40. The first kappa shape index (κ1) is 26.7. The molecule has 1 heterocycles. The molecular formula is C28H36ClN3O3S. The molecule has 1 aromatic heterocycles. The monoisotopic (exact) mass is 529 g/mol. The number of aryl methyl sites for hydroxylation is 1. The molecule has 3 aromatic rings. The zero-order chi connectivity index (χ0) is 25.8. The molecule has 0 radical (unpaired) electrons. The molecular weight excluding hydrogens is 494 g/mol. The second-order valence-electron chi connectivity index (χ2n) is 10.5. The number of rotatable bonds is 12. The lowest BCUT2D eigenvalue weighted by Gasteiger charge is -2.28. The van der Waals surface area contributed by atoms with Crippen molar-refractivity contribution in [3.63, 3.8) is 0 Å². The van der Waals surface area contributed by atoms with Crippen LogP contribution in [0.5, 0.6) is 5.75 Å². The van der Waals surface area contributed by atoms with E-state index in [2.05, 4.69) is 60.5 Å². The molecule has 2 atom stereocenters. The van der Waals surface area contributed by atoms with E-state index >= 15 is 0 Å². The fourth-order valence-corrected chi connectivity index (χ4v) is 6.01. The number of ether oxygens (including phenoxy) is 1. The summed E-state index contributed by atoms with van der Waals surface area (Å²) in [7, 11) is -1.65. The van der Waals surface area contributed by atoms with E-state index in [0.29, 0.717) is 30.9 Å². The van der Waals surface area contributed by atoms with Crippen LogP contribution in [0.2, 0.25) is 0 Å². The van der Waals surface area contributed by atoms with Crippen molar-refractivity contribution in [3.05, 3.63) is 77.7 Å². The van der Waals surface area contributed by atoms with Gasteiger partial charge in [-0.1, -0.05) is 50.2 Å². The number of alkyl halides is 1. The third kappa shape index (κ3) is 6.69. The maximum atomic E-state index is 12.5. The van der Waals surface area contributed by atoms with Crippen molar-refractivity contribution in [1.29, 1.82) is 0 Å². The summed E-state index contributed by atoms with van der Waals surface area (Å²) in [5.41, 5.74) is 3.97. The maximum absolute atomic E-state index is 12.5. The van der Waals surface area contributed by atoms with E-state index < -0.39 is 9.84 Å². The first-order valence-corrected chi connectivity index (χ1v) is 14.7. The lowest BCUT2D eigenvalue weighted by molar-refractivity contribution is 0.316. The molecule has 1 N–H and O–H groups in total. The number of aromatic nitrogens is 2. The van der Waals surface area contributed by atoms with Gasteiger partial charge in [0.1, 0.15) is 5.75 Å². The van der Waals surface area contributed by atoms with Gasteiger partial charge >= 0.3 is 0 Å². The molecule has 194 valence electrons. The summed E-state index contributed by atoms with van der Waals surface area (Å²) in [6.45, 7) is 5.55. The van der Waals surface area contributed by atoms with Crippen LogP contribution < -0.4 is 10.1 Å². The van der Waals surface area contributed by atoms with Crippen LogP contribution in [0, 0.1) is 5.41 Å². The Balaban J connectivity index is 1.43. The highest BCUT2D eigenvalue weighted by atomic mass is 35.5. The molecule has 36 heavy (non-hydrogen) atoms.